The fourth-order valence-electron chi connectivity index (χ4n) is 5.06. The van der Waals surface area contributed by atoms with E-state index in [0.717, 1.165) is 42.9 Å². The summed E-state index contributed by atoms with van der Waals surface area (Å²) in [5, 5.41) is 2.96. The van der Waals surface area contributed by atoms with Crippen LogP contribution in [0.2, 0.25) is 0 Å². The first kappa shape index (κ1) is 26.8. The van der Waals surface area contributed by atoms with E-state index >= 15 is 0 Å². The zero-order chi connectivity index (χ0) is 26.0. The highest BCUT2D eigenvalue weighted by Crippen LogP contribution is 2.30. The molecular formula is C23H32FN5O5S2. The zero-order valence-electron chi connectivity index (χ0n) is 20.2. The quantitative estimate of drug-likeness (QED) is 0.530. The van der Waals surface area contributed by atoms with Gasteiger partial charge >= 0.3 is 5.69 Å². The second-order valence-electron chi connectivity index (χ2n) is 9.74. The highest BCUT2D eigenvalue weighted by atomic mass is 32.2. The van der Waals surface area contributed by atoms with Gasteiger partial charge < -0.3 is 11.1 Å². The molecule has 1 saturated heterocycles. The molecule has 36 heavy (non-hydrogen) atoms. The van der Waals surface area contributed by atoms with Crippen LogP contribution in [0.25, 0.3) is 11.0 Å². The molecule has 1 aliphatic carbocycles. The van der Waals surface area contributed by atoms with E-state index in [2.05, 4.69) is 10.3 Å². The molecule has 2 aliphatic rings. The molecule has 2 fully saturated rings. The summed E-state index contributed by atoms with van der Waals surface area (Å²) < 4.78 is 39.5. The van der Waals surface area contributed by atoms with Crippen molar-refractivity contribution in [1.29, 1.82) is 0 Å². The summed E-state index contributed by atoms with van der Waals surface area (Å²) in [6.45, 7) is 0. The van der Waals surface area contributed by atoms with Crippen LogP contribution < -0.4 is 22.3 Å². The summed E-state index contributed by atoms with van der Waals surface area (Å²) in [5.74, 6) is 0.588. The van der Waals surface area contributed by atoms with E-state index in [1.165, 1.54) is 4.57 Å². The summed E-state index contributed by atoms with van der Waals surface area (Å²) in [5.41, 5.74) is 5.11. The van der Waals surface area contributed by atoms with Gasteiger partial charge in [-0.05, 0) is 62.5 Å². The molecule has 1 atom stereocenters. The van der Waals surface area contributed by atoms with Crippen molar-refractivity contribution in [3.63, 3.8) is 0 Å². The van der Waals surface area contributed by atoms with Gasteiger partial charge in [0.2, 0.25) is 5.91 Å². The van der Waals surface area contributed by atoms with Gasteiger partial charge in [0.15, 0.2) is 0 Å². The molecule has 4 rings (SSSR count). The van der Waals surface area contributed by atoms with Crippen LogP contribution >= 0.6 is 11.8 Å². The van der Waals surface area contributed by atoms with Gasteiger partial charge in [0.05, 0.1) is 23.4 Å². The third kappa shape index (κ3) is 6.00. The van der Waals surface area contributed by atoms with E-state index < -0.39 is 38.9 Å². The van der Waals surface area contributed by atoms with Crippen molar-refractivity contribution < 1.29 is 17.6 Å². The van der Waals surface area contributed by atoms with Gasteiger partial charge in [-0.3, -0.25) is 18.7 Å². The van der Waals surface area contributed by atoms with Gasteiger partial charge in [-0.1, -0.05) is 0 Å². The number of hydrogen-bond donors (Lipinski definition) is 2. The molecule has 13 heteroatoms. The number of nitrogens with zero attached hydrogens (tertiary/aromatic N) is 3. The van der Waals surface area contributed by atoms with Gasteiger partial charge in [0, 0.05) is 24.4 Å². The molecule has 0 radical (unpaired) electrons. The maximum atomic E-state index is 14.0. The Bertz CT molecular complexity index is 1350. The highest BCUT2D eigenvalue weighted by molar-refractivity contribution is 7.99. The number of aromatic nitrogens is 3. The van der Waals surface area contributed by atoms with Crippen molar-refractivity contribution >= 4 is 38.5 Å². The number of pyridine rings is 1. The second-order valence-corrected chi connectivity index (χ2v) is 13.2. The summed E-state index contributed by atoms with van der Waals surface area (Å²) in [4.78, 5) is 43.5. The van der Waals surface area contributed by atoms with Crippen LogP contribution in [0.15, 0.2) is 21.9 Å². The molecule has 1 amide bonds. The zero-order valence-corrected chi connectivity index (χ0v) is 21.8. The minimum absolute atomic E-state index is 0.0380. The lowest BCUT2D eigenvalue weighted by atomic mass is 9.90. The Kier molecular flexibility index (Phi) is 8.20. The lowest BCUT2D eigenvalue weighted by Gasteiger charge is -2.32. The molecule has 2 aromatic heterocycles. The van der Waals surface area contributed by atoms with Crippen LogP contribution in [-0.2, 0) is 14.6 Å². The van der Waals surface area contributed by atoms with Crippen molar-refractivity contribution in [3.05, 3.63) is 38.9 Å². The topological polar surface area (TPSA) is 146 Å². The Morgan fingerprint density at radius 1 is 1.17 bits per heavy atom. The average molecular weight is 542 g/mol. The molecule has 0 bridgehead atoms. The molecule has 1 saturated carbocycles. The Labute approximate surface area is 212 Å². The second kappa shape index (κ2) is 11.0. The van der Waals surface area contributed by atoms with Gasteiger partial charge in [-0.2, -0.15) is 11.8 Å². The fourth-order valence-corrected chi connectivity index (χ4v) is 6.82. The van der Waals surface area contributed by atoms with E-state index in [0.29, 0.717) is 25.7 Å². The number of sulfone groups is 1. The minimum Gasteiger partial charge on any atom is -0.352 e. The van der Waals surface area contributed by atoms with Crippen LogP contribution in [0.1, 0.15) is 57.0 Å². The van der Waals surface area contributed by atoms with Crippen molar-refractivity contribution in [2.24, 2.45) is 5.73 Å². The van der Waals surface area contributed by atoms with Crippen molar-refractivity contribution in [2.75, 3.05) is 23.5 Å². The standard InChI is InChI=1S/C23H32FN5O5S2/c1-36(33,34)11-8-19(25)21(30)27-15-2-4-16(5-3-15)29-22(31)18-12-14(24)13-26-20(18)28(23(29)32)17-6-9-35-10-7-17/h12-13,15-17,19H,2-11,25H2,1H3,(H,27,30)/t15?,16?,19-/m0/s1. The summed E-state index contributed by atoms with van der Waals surface area (Å²) in [7, 11) is -3.22. The number of fused-ring (bicyclic) bond motifs is 1. The molecule has 3 heterocycles. The van der Waals surface area contributed by atoms with Gasteiger partial charge in [0.25, 0.3) is 5.56 Å². The lowest BCUT2D eigenvalue weighted by Crippen LogP contribution is -2.49. The highest BCUT2D eigenvalue weighted by Gasteiger charge is 2.30. The number of carbonyl (C=O) groups excluding carboxylic acids is 1. The Balaban J connectivity index is 1.54. The number of rotatable bonds is 7. The van der Waals surface area contributed by atoms with E-state index in [-0.39, 0.29) is 41.3 Å². The molecule has 10 nitrogen and oxygen atoms in total. The van der Waals surface area contributed by atoms with E-state index in [1.807, 2.05) is 11.8 Å². The van der Waals surface area contributed by atoms with E-state index in [1.54, 1.807) is 4.57 Å². The van der Waals surface area contributed by atoms with Gasteiger partial charge in [0.1, 0.15) is 21.3 Å². The number of hydrogen-bond acceptors (Lipinski definition) is 8. The SMILES string of the molecule is CS(=O)(=O)CC[C@H](N)C(=O)NC1CCC(n2c(=O)c3cc(F)cnc3n(C3CCSCC3)c2=O)CC1. The van der Waals surface area contributed by atoms with Crippen LogP contribution in [-0.4, -0.2) is 64.0 Å². The average Bonchev–Trinajstić information content (AvgIpc) is 2.84. The molecule has 0 unspecified atom stereocenters. The molecule has 2 aromatic rings. The van der Waals surface area contributed by atoms with Crippen molar-refractivity contribution in [3.8, 4) is 0 Å². The largest absolute Gasteiger partial charge is 0.352 e. The van der Waals surface area contributed by atoms with Crippen molar-refractivity contribution in [2.45, 2.75) is 69.1 Å². The Morgan fingerprint density at radius 3 is 2.44 bits per heavy atom. The third-order valence-corrected chi connectivity index (χ3v) is 9.05. The predicted molar refractivity (Wildman–Crippen MR) is 138 cm³/mol. The number of halogens is 1. The number of carbonyl (C=O) groups is 1. The first-order chi connectivity index (χ1) is 17.0. The van der Waals surface area contributed by atoms with Crippen LogP contribution in [0.5, 0.6) is 0 Å². The molecule has 1 aliphatic heterocycles. The number of nitrogens with one attached hydrogen (secondary N) is 1. The summed E-state index contributed by atoms with van der Waals surface area (Å²) in [6.07, 6.45) is 5.73. The van der Waals surface area contributed by atoms with Gasteiger partial charge in [-0.15, -0.1) is 0 Å². The Morgan fingerprint density at radius 2 is 1.81 bits per heavy atom. The lowest BCUT2D eigenvalue weighted by molar-refractivity contribution is -0.123. The molecule has 0 spiro atoms. The van der Waals surface area contributed by atoms with E-state index in [4.69, 9.17) is 5.73 Å². The third-order valence-electron chi connectivity index (χ3n) is 7.02. The fraction of sp³-hybridized carbons (Fsp3) is 0.652. The maximum absolute atomic E-state index is 14.0. The molecule has 3 N–H and O–H groups in total. The molecule has 198 valence electrons. The van der Waals surface area contributed by atoms with Crippen LogP contribution in [0.4, 0.5) is 4.39 Å². The van der Waals surface area contributed by atoms with E-state index in [9.17, 15) is 27.2 Å². The minimum atomic E-state index is -3.22. The molecular weight excluding hydrogens is 509 g/mol. The number of amides is 1. The van der Waals surface area contributed by atoms with Crippen LogP contribution in [0.3, 0.4) is 0 Å². The monoisotopic (exact) mass is 541 g/mol. The number of nitrogens with two attached hydrogens (primary N) is 1. The van der Waals surface area contributed by atoms with Crippen molar-refractivity contribution in [1.82, 2.24) is 19.4 Å². The first-order valence-corrected chi connectivity index (χ1v) is 15.4. The van der Waals surface area contributed by atoms with Gasteiger partial charge in [-0.25, -0.2) is 22.6 Å². The summed E-state index contributed by atoms with van der Waals surface area (Å²) >= 11 is 1.82. The smallest absolute Gasteiger partial charge is 0.333 e. The normalized spacial score (nSPS) is 22.4. The number of thioether (sulfide) groups is 1. The maximum Gasteiger partial charge on any atom is 0.333 e. The first-order valence-electron chi connectivity index (χ1n) is 12.2. The molecule has 0 aromatic carbocycles. The Hall–Kier alpha value is -2.25. The predicted octanol–water partition coefficient (Wildman–Crippen LogP) is 1.13. The van der Waals surface area contributed by atoms with Crippen LogP contribution in [0, 0.1) is 5.82 Å². The summed E-state index contributed by atoms with van der Waals surface area (Å²) in [6, 6.07) is -0.447.